The molecule has 0 aliphatic heterocycles. The van der Waals surface area contributed by atoms with E-state index in [1.807, 2.05) is 63.2 Å². The molecule has 0 saturated heterocycles. The highest BCUT2D eigenvalue weighted by molar-refractivity contribution is 7.11. The van der Waals surface area contributed by atoms with Crippen LogP contribution < -0.4 is 0 Å². The monoisotopic (exact) mass is 493 g/mol. The first kappa shape index (κ1) is 26.1. The van der Waals surface area contributed by atoms with Gasteiger partial charge in [-0.2, -0.15) is 0 Å². The van der Waals surface area contributed by atoms with Crippen LogP contribution in [-0.2, 0) is 17.9 Å². The summed E-state index contributed by atoms with van der Waals surface area (Å²) in [4.78, 5) is 43.0. The van der Waals surface area contributed by atoms with Crippen molar-refractivity contribution >= 4 is 28.8 Å². The van der Waals surface area contributed by atoms with Gasteiger partial charge in [-0.15, -0.1) is 11.3 Å². The van der Waals surface area contributed by atoms with E-state index >= 15 is 0 Å². The van der Waals surface area contributed by atoms with Gasteiger partial charge in [0.05, 0.1) is 11.5 Å². The average Bonchev–Trinajstić information content (AvgIpc) is 3.27. The van der Waals surface area contributed by atoms with E-state index in [0.29, 0.717) is 25.2 Å². The summed E-state index contributed by atoms with van der Waals surface area (Å²) in [6.07, 6.45) is 0.862. The van der Waals surface area contributed by atoms with Crippen molar-refractivity contribution in [2.45, 2.75) is 40.3 Å². The Morgan fingerprint density at radius 1 is 0.971 bits per heavy atom. The molecular weight excluding hydrogens is 462 g/mol. The lowest BCUT2D eigenvalue weighted by Crippen LogP contribution is -2.44. The van der Waals surface area contributed by atoms with Crippen molar-refractivity contribution in [3.63, 3.8) is 0 Å². The maximum atomic E-state index is 13.6. The standard InChI is InChI=1S/C27H31N3O4S/c1-4-20(2)16-29(27(32)23-11-13-24(14-12-23)30(33)34)19-26(31)28(17-22-8-6-5-7-9-22)18-25-15-10-21(3)35-25/h5-15,20H,4,16-19H2,1-3H3. The van der Waals surface area contributed by atoms with E-state index < -0.39 is 4.92 Å². The second-order valence-electron chi connectivity index (χ2n) is 8.75. The molecule has 2 amide bonds. The fourth-order valence-electron chi connectivity index (χ4n) is 3.69. The molecule has 0 spiro atoms. The Hall–Kier alpha value is -3.52. The van der Waals surface area contributed by atoms with E-state index in [1.54, 1.807) is 21.1 Å². The largest absolute Gasteiger partial charge is 0.332 e. The van der Waals surface area contributed by atoms with Crippen LogP contribution in [0.15, 0.2) is 66.7 Å². The average molecular weight is 494 g/mol. The lowest BCUT2D eigenvalue weighted by molar-refractivity contribution is -0.384. The molecule has 3 aromatic rings. The first-order valence-corrected chi connectivity index (χ1v) is 12.5. The highest BCUT2D eigenvalue weighted by atomic mass is 32.1. The fourth-order valence-corrected chi connectivity index (χ4v) is 4.60. The third kappa shape index (κ3) is 7.48. The second kappa shape index (κ2) is 12.3. The molecule has 0 bridgehead atoms. The molecule has 1 atom stereocenters. The number of nitrogens with zero attached hydrogens (tertiary/aromatic N) is 3. The van der Waals surface area contributed by atoms with E-state index in [2.05, 4.69) is 0 Å². The lowest BCUT2D eigenvalue weighted by Gasteiger charge is -2.29. The number of aryl methyl sites for hydroxylation is 1. The number of non-ortho nitro benzene ring substituents is 1. The molecule has 0 fully saturated rings. The Kier molecular flexibility index (Phi) is 9.14. The lowest BCUT2D eigenvalue weighted by atomic mass is 10.1. The van der Waals surface area contributed by atoms with Crippen molar-refractivity contribution in [1.29, 1.82) is 0 Å². The van der Waals surface area contributed by atoms with Crippen molar-refractivity contribution in [2.24, 2.45) is 5.92 Å². The van der Waals surface area contributed by atoms with Crippen molar-refractivity contribution in [3.8, 4) is 0 Å². The number of thiophene rings is 1. The number of hydrogen-bond donors (Lipinski definition) is 0. The number of carbonyl (C=O) groups excluding carboxylic acids is 2. The predicted octanol–water partition coefficient (Wildman–Crippen LogP) is 5.68. The highest BCUT2D eigenvalue weighted by Gasteiger charge is 2.24. The van der Waals surface area contributed by atoms with Gasteiger partial charge in [0.25, 0.3) is 11.6 Å². The molecule has 35 heavy (non-hydrogen) atoms. The van der Waals surface area contributed by atoms with Gasteiger partial charge in [-0.05, 0) is 42.7 Å². The summed E-state index contributed by atoms with van der Waals surface area (Å²) in [5, 5.41) is 11.0. The number of rotatable bonds is 11. The van der Waals surface area contributed by atoms with Gasteiger partial charge in [-0.1, -0.05) is 50.6 Å². The topological polar surface area (TPSA) is 83.8 Å². The van der Waals surface area contributed by atoms with Crippen LogP contribution in [0.5, 0.6) is 0 Å². The van der Waals surface area contributed by atoms with E-state index in [0.717, 1.165) is 16.9 Å². The fraction of sp³-hybridized carbons (Fsp3) is 0.333. The molecule has 7 nitrogen and oxygen atoms in total. The van der Waals surface area contributed by atoms with E-state index in [1.165, 1.54) is 29.1 Å². The molecule has 3 rings (SSSR count). The van der Waals surface area contributed by atoms with E-state index in [9.17, 15) is 19.7 Å². The number of benzene rings is 2. The molecule has 0 aliphatic carbocycles. The summed E-state index contributed by atoms with van der Waals surface area (Å²) in [7, 11) is 0. The maximum absolute atomic E-state index is 13.6. The Balaban J connectivity index is 1.83. The van der Waals surface area contributed by atoms with Crippen LogP contribution in [0, 0.1) is 23.0 Å². The molecule has 1 aromatic heterocycles. The highest BCUT2D eigenvalue weighted by Crippen LogP contribution is 2.20. The number of carbonyl (C=O) groups is 2. The summed E-state index contributed by atoms with van der Waals surface area (Å²) in [5.41, 5.74) is 1.27. The van der Waals surface area contributed by atoms with Gasteiger partial charge in [-0.3, -0.25) is 19.7 Å². The molecule has 1 heterocycles. The zero-order valence-electron chi connectivity index (χ0n) is 20.3. The summed E-state index contributed by atoms with van der Waals surface area (Å²) < 4.78 is 0. The van der Waals surface area contributed by atoms with Gasteiger partial charge in [0, 0.05) is 40.5 Å². The number of hydrogen-bond acceptors (Lipinski definition) is 5. The van der Waals surface area contributed by atoms with E-state index in [4.69, 9.17) is 0 Å². The first-order valence-electron chi connectivity index (χ1n) is 11.7. The molecule has 0 radical (unpaired) electrons. The van der Waals surface area contributed by atoms with E-state index in [-0.39, 0.29) is 30.0 Å². The van der Waals surface area contributed by atoms with Crippen LogP contribution in [0.4, 0.5) is 5.69 Å². The van der Waals surface area contributed by atoms with Gasteiger partial charge < -0.3 is 9.80 Å². The van der Waals surface area contributed by atoms with Crippen LogP contribution >= 0.6 is 11.3 Å². The summed E-state index contributed by atoms with van der Waals surface area (Å²) in [5.74, 6) is -0.244. The molecule has 0 saturated carbocycles. The third-order valence-electron chi connectivity index (χ3n) is 5.88. The summed E-state index contributed by atoms with van der Waals surface area (Å²) in [6, 6.07) is 19.4. The second-order valence-corrected chi connectivity index (χ2v) is 10.1. The molecule has 0 aliphatic rings. The summed E-state index contributed by atoms with van der Waals surface area (Å²) >= 11 is 1.65. The zero-order chi connectivity index (χ0) is 25.4. The van der Waals surface area contributed by atoms with Crippen molar-refractivity contribution < 1.29 is 14.5 Å². The van der Waals surface area contributed by atoms with Gasteiger partial charge in [0.15, 0.2) is 0 Å². The molecule has 0 N–H and O–H groups in total. The van der Waals surface area contributed by atoms with Crippen molar-refractivity contribution in [2.75, 3.05) is 13.1 Å². The van der Waals surface area contributed by atoms with Gasteiger partial charge >= 0.3 is 0 Å². The predicted molar refractivity (Wildman–Crippen MR) is 138 cm³/mol. The third-order valence-corrected chi connectivity index (χ3v) is 6.86. The van der Waals surface area contributed by atoms with Gasteiger partial charge in [0.1, 0.15) is 6.54 Å². The van der Waals surface area contributed by atoms with Crippen molar-refractivity contribution in [3.05, 3.63) is 97.7 Å². The minimum Gasteiger partial charge on any atom is -0.332 e. The molecule has 8 heteroatoms. The molecule has 184 valence electrons. The van der Waals surface area contributed by atoms with Gasteiger partial charge in [0.2, 0.25) is 5.91 Å². The maximum Gasteiger partial charge on any atom is 0.269 e. The smallest absolute Gasteiger partial charge is 0.269 e. The molecular formula is C27H31N3O4S. The van der Waals surface area contributed by atoms with Crippen LogP contribution in [0.2, 0.25) is 0 Å². The van der Waals surface area contributed by atoms with Crippen LogP contribution in [0.3, 0.4) is 0 Å². The number of nitro groups is 1. The molecule has 1 unspecified atom stereocenters. The summed E-state index contributed by atoms with van der Waals surface area (Å²) in [6.45, 7) is 7.40. The van der Waals surface area contributed by atoms with Crippen LogP contribution in [-0.4, -0.2) is 39.6 Å². The van der Waals surface area contributed by atoms with Crippen LogP contribution in [0.25, 0.3) is 0 Å². The van der Waals surface area contributed by atoms with Crippen LogP contribution in [0.1, 0.15) is 45.9 Å². The normalized spacial score (nSPS) is 11.6. The SMILES string of the molecule is CCC(C)CN(CC(=O)N(Cc1ccccc1)Cc1ccc(C)s1)C(=O)c1ccc([N+](=O)[O-])cc1. The first-order chi connectivity index (χ1) is 16.8. The Bertz CT molecular complexity index is 1140. The number of amides is 2. The molecule has 2 aromatic carbocycles. The van der Waals surface area contributed by atoms with Gasteiger partial charge in [-0.25, -0.2) is 0 Å². The Morgan fingerprint density at radius 3 is 2.23 bits per heavy atom. The quantitative estimate of drug-likeness (QED) is 0.254. The number of nitro benzene ring substituents is 1. The minimum absolute atomic E-state index is 0.0582. The minimum atomic E-state index is -0.498. The Morgan fingerprint density at radius 2 is 1.66 bits per heavy atom. The Labute approximate surface area is 210 Å². The van der Waals surface area contributed by atoms with Crippen molar-refractivity contribution in [1.82, 2.24) is 9.80 Å². The zero-order valence-corrected chi connectivity index (χ0v) is 21.2.